The average molecular weight is 371 g/mol. The van der Waals surface area contributed by atoms with Gasteiger partial charge in [0.2, 0.25) is 0 Å². The van der Waals surface area contributed by atoms with Crippen molar-refractivity contribution in [2.45, 2.75) is 26.9 Å². The molecule has 5 heteroatoms. The molecule has 142 valence electrons. The van der Waals surface area contributed by atoms with Gasteiger partial charge in [0.15, 0.2) is 0 Å². The third kappa shape index (κ3) is 3.89. The minimum absolute atomic E-state index is 0.833. The van der Waals surface area contributed by atoms with Gasteiger partial charge in [-0.1, -0.05) is 24.3 Å². The third-order valence-corrected chi connectivity index (χ3v) is 5.11. The van der Waals surface area contributed by atoms with Gasteiger partial charge in [0.25, 0.3) is 0 Å². The predicted molar refractivity (Wildman–Crippen MR) is 112 cm³/mol. The summed E-state index contributed by atoms with van der Waals surface area (Å²) in [5.41, 5.74) is 8.44. The van der Waals surface area contributed by atoms with E-state index >= 15 is 0 Å². The molecule has 4 aromatic rings. The molecular formula is C23H25N5. The fourth-order valence-corrected chi connectivity index (χ4v) is 3.41. The number of hydrogen-bond acceptors (Lipinski definition) is 3. The Labute approximate surface area is 165 Å². The van der Waals surface area contributed by atoms with E-state index < -0.39 is 0 Å². The first kappa shape index (κ1) is 18.2. The number of rotatable bonds is 6. The summed E-state index contributed by atoms with van der Waals surface area (Å²) in [6, 6.07) is 17.0. The van der Waals surface area contributed by atoms with Gasteiger partial charge in [-0.05, 0) is 61.9 Å². The van der Waals surface area contributed by atoms with E-state index in [0.717, 1.165) is 24.5 Å². The van der Waals surface area contributed by atoms with Gasteiger partial charge in [-0.15, -0.1) is 0 Å². The highest BCUT2D eigenvalue weighted by molar-refractivity contribution is 5.64. The number of nitrogens with zero attached hydrogens (tertiary/aromatic N) is 4. The maximum Gasteiger partial charge on any atom is 0.0695 e. The summed E-state index contributed by atoms with van der Waals surface area (Å²) in [6.07, 6.45) is 5.68. The minimum Gasteiger partial charge on any atom is -0.298 e. The quantitative estimate of drug-likeness (QED) is 0.542. The Balaban J connectivity index is 1.45. The smallest absolute Gasteiger partial charge is 0.0695 e. The third-order valence-electron chi connectivity index (χ3n) is 5.11. The number of H-pyrrole nitrogens is 1. The van der Waals surface area contributed by atoms with E-state index in [1.54, 1.807) is 6.20 Å². The van der Waals surface area contributed by atoms with Crippen molar-refractivity contribution in [3.63, 3.8) is 0 Å². The number of nitrogens with one attached hydrogen (secondary N) is 1. The van der Waals surface area contributed by atoms with E-state index in [1.807, 2.05) is 23.1 Å². The van der Waals surface area contributed by atoms with Crippen molar-refractivity contribution in [2.24, 2.45) is 0 Å². The molecule has 0 unspecified atom stereocenters. The van der Waals surface area contributed by atoms with Crippen LogP contribution in [-0.2, 0) is 13.1 Å². The van der Waals surface area contributed by atoms with Crippen LogP contribution in [0.25, 0.3) is 16.9 Å². The summed E-state index contributed by atoms with van der Waals surface area (Å²) < 4.78 is 1.87. The molecule has 2 aromatic carbocycles. The van der Waals surface area contributed by atoms with E-state index in [1.165, 1.54) is 27.8 Å². The van der Waals surface area contributed by atoms with Crippen LogP contribution in [0.15, 0.2) is 67.1 Å². The van der Waals surface area contributed by atoms with Crippen LogP contribution in [-0.4, -0.2) is 31.9 Å². The van der Waals surface area contributed by atoms with E-state index in [0.29, 0.717) is 0 Å². The van der Waals surface area contributed by atoms with Gasteiger partial charge in [0, 0.05) is 36.6 Å². The van der Waals surface area contributed by atoms with Crippen molar-refractivity contribution in [1.29, 1.82) is 0 Å². The van der Waals surface area contributed by atoms with Crippen LogP contribution in [0, 0.1) is 13.8 Å². The summed E-state index contributed by atoms with van der Waals surface area (Å²) in [4.78, 5) is 2.30. The van der Waals surface area contributed by atoms with Crippen molar-refractivity contribution < 1.29 is 0 Å². The molecule has 4 rings (SSSR count). The Morgan fingerprint density at radius 2 is 1.82 bits per heavy atom. The van der Waals surface area contributed by atoms with Crippen molar-refractivity contribution in [3.05, 3.63) is 89.4 Å². The standard InChI is InChI=1S/C23H25N5/c1-17-5-8-20(13-18(17)2)23-21(14-24-26-23)16-27(3)15-19-6-9-22(10-7-19)28-12-4-11-25-28/h4-14H,15-16H2,1-3H3,(H,24,26). The predicted octanol–water partition coefficient (Wildman–Crippen LogP) is 4.51. The monoisotopic (exact) mass is 371 g/mol. The normalized spacial score (nSPS) is 11.3. The second kappa shape index (κ2) is 7.82. The Kier molecular flexibility index (Phi) is 5.08. The molecule has 2 aromatic heterocycles. The van der Waals surface area contributed by atoms with Crippen LogP contribution in [0.4, 0.5) is 0 Å². The van der Waals surface area contributed by atoms with Crippen molar-refractivity contribution in [2.75, 3.05) is 7.05 Å². The number of aromatic amines is 1. The van der Waals surface area contributed by atoms with Gasteiger partial charge in [0.05, 0.1) is 17.6 Å². The summed E-state index contributed by atoms with van der Waals surface area (Å²) in [6.45, 7) is 5.99. The second-order valence-electron chi connectivity index (χ2n) is 7.36. The summed E-state index contributed by atoms with van der Waals surface area (Å²) >= 11 is 0. The molecule has 0 saturated heterocycles. The average Bonchev–Trinajstić information content (AvgIpc) is 3.37. The zero-order chi connectivity index (χ0) is 19.5. The van der Waals surface area contributed by atoms with Crippen LogP contribution in [0.1, 0.15) is 22.3 Å². The zero-order valence-corrected chi connectivity index (χ0v) is 16.6. The Hall–Kier alpha value is -3.18. The Bertz CT molecular complexity index is 1050. The maximum absolute atomic E-state index is 4.29. The Morgan fingerprint density at radius 3 is 2.54 bits per heavy atom. The largest absolute Gasteiger partial charge is 0.298 e. The summed E-state index contributed by atoms with van der Waals surface area (Å²) in [5, 5.41) is 11.7. The van der Waals surface area contributed by atoms with Gasteiger partial charge in [0.1, 0.15) is 0 Å². The van der Waals surface area contributed by atoms with E-state index in [-0.39, 0.29) is 0 Å². The lowest BCUT2D eigenvalue weighted by Crippen LogP contribution is -2.17. The van der Waals surface area contributed by atoms with Crippen LogP contribution >= 0.6 is 0 Å². The summed E-state index contributed by atoms with van der Waals surface area (Å²) in [7, 11) is 2.14. The first-order valence-electron chi connectivity index (χ1n) is 9.47. The van der Waals surface area contributed by atoms with Gasteiger partial charge in [-0.3, -0.25) is 10.00 Å². The minimum atomic E-state index is 0.833. The molecule has 5 nitrogen and oxygen atoms in total. The number of hydrogen-bond donors (Lipinski definition) is 1. The lowest BCUT2D eigenvalue weighted by Gasteiger charge is -2.17. The highest BCUT2D eigenvalue weighted by Gasteiger charge is 2.11. The van der Waals surface area contributed by atoms with Crippen molar-refractivity contribution in [1.82, 2.24) is 24.9 Å². The fourth-order valence-electron chi connectivity index (χ4n) is 3.41. The number of aromatic nitrogens is 4. The molecule has 28 heavy (non-hydrogen) atoms. The van der Waals surface area contributed by atoms with E-state index in [9.17, 15) is 0 Å². The van der Waals surface area contributed by atoms with E-state index in [4.69, 9.17) is 0 Å². The molecule has 2 heterocycles. The maximum atomic E-state index is 4.29. The molecule has 0 bridgehead atoms. The molecular weight excluding hydrogens is 346 g/mol. The van der Waals surface area contributed by atoms with E-state index in [2.05, 4.69) is 83.6 Å². The SMILES string of the molecule is Cc1ccc(-c2[nH]ncc2CN(C)Cc2ccc(-n3cccn3)cc2)cc1C. The van der Waals surface area contributed by atoms with Crippen LogP contribution in [0.2, 0.25) is 0 Å². The van der Waals surface area contributed by atoms with Gasteiger partial charge < -0.3 is 0 Å². The van der Waals surface area contributed by atoms with Gasteiger partial charge >= 0.3 is 0 Å². The molecule has 0 fully saturated rings. The molecule has 0 atom stereocenters. The molecule has 0 saturated carbocycles. The van der Waals surface area contributed by atoms with Crippen molar-refractivity contribution >= 4 is 0 Å². The Morgan fingerprint density at radius 1 is 1.00 bits per heavy atom. The molecule has 0 aliphatic rings. The number of benzene rings is 2. The lowest BCUT2D eigenvalue weighted by atomic mass is 10.0. The highest BCUT2D eigenvalue weighted by atomic mass is 15.3. The first-order chi connectivity index (χ1) is 13.6. The summed E-state index contributed by atoms with van der Waals surface area (Å²) in [5.74, 6) is 0. The van der Waals surface area contributed by atoms with Crippen LogP contribution in [0.5, 0.6) is 0 Å². The van der Waals surface area contributed by atoms with Gasteiger partial charge in [-0.2, -0.15) is 10.2 Å². The molecule has 0 radical (unpaired) electrons. The molecule has 0 spiro atoms. The van der Waals surface area contributed by atoms with Crippen LogP contribution < -0.4 is 0 Å². The molecule has 0 amide bonds. The molecule has 0 aliphatic carbocycles. The van der Waals surface area contributed by atoms with Crippen LogP contribution in [0.3, 0.4) is 0 Å². The topological polar surface area (TPSA) is 49.7 Å². The highest BCUT2D eigenvalue weighted by Crippen LogP contribution is 2.24. The van der Waals surface area contributed by atoms with Crippen molar-refractivity contribution in [3.8, 4) is 16.9 Å². The fraction of sp³-hybridized carbons (Fsp3) is 0.217. The molecule has 0 aliphatic heterocycles. The lowest BCUT2D eigenvalue weighted by molar-refractivity contribution is 0.319. The number of aryl methyl sites for hydroxylation is 2. The zero-order valence-electron chi connectivity index (χ0n) is 16.6. The second-order valence-corrected chi connectivity index (χ2v) is 7.36. The first-order valence-corrected chi connectivity index (χ1v) is 9.47. The van der Waals surface area contributed by atoms with Gasteiger partial charge in [-0.25, -0.2) is 4.68 Å². The molecule has 1 N–H and O–H groups in total.